The minimum Gasteiger partial charge on any atom is -0.493 e. The van der Waals surface area contributed by atoms with Crippen molar-refractivity contribution in [2.24, 2.45) is 0 Å². The minimum atomic E-state index is -0.615. The van der Waals surface area contributed by atoms with E-state index in [1.807, 2.05) is 7.05 Å². The molecule has 0 radical (unpaired) electrons. The summed E-state index contributed by atoms with van der Waals surface area (Å²) in [4.78, 5) is 11.5. The maximum absolute atomic E-state index is 11.5. The fourth-order valence-electron chi connectivity index (χ4n) is 1.66. The van der Waals surface area contributed by atoms with Gasteiger partial charge in [-0.2, -0.15) is 0 Å². The van der Waals surface area contributed by atoms with Crippen molar-refractivity contribution in [2.45, 2.75) is 19.6 Å². The van der Waals surface area contributed by atoms with Crippen LogP contribution in [0.2, 0.25) is 5.02 Å². The van der Waals surface area contributed by atoms with Gasteiger partial charge in [0.05, 0.1) is 7.11 Å². The van der Waals surface area contributed by atoms with E-state index >= 15 is 0 Å². The number of likely N-dealkylation sites (N-methyl/N-ethyl adjacent to an activating group) is 1. The molecule has 5 nitrogen and oxygen atoms in total. The molecule has 1 unspecified atom stereocenters. The average molecular weight is 287 g/mol. The summed E-state index contributed by atoms with van der Waals surface area (Å²) in [5.41, 5.74) is 0.836. The van der Waals surface area contributed by atoms with E-state index in [0.717, 1.165) is 5.56 Å². The molecule has 1 amide bonds. The molecule has 19 heavy (non-hydrogen) atoms. The second-order valence-corrected chi connectivity index (χ2v) is 4.44. The quantitative estimate of drug-likeness (QED) is 0.834. The molecule has 0 aromatic heterocycles. The number of hydrogen-bond acceptors (Lipinski definition) is 4. The summed E-state index contributed by atoms with van der Waals surface area (Å²) in [7, 11) is 4.92. The zero-order chi connectivity index (χ0) is 14.4. The van der Waals surface area contributed by atoms with E-state index < -0.39 is 6.10 Å². The van der Waals surface area contributed by atoms with Crippen LogP contribution in [-0.4, -0.2) is 33.2 Å². The van der Waals surface area contributed by atoms with Crippen LogP contribution in [0.1, 0.15) is 12.5 Å². The third-order valence-electron chi connectivity index (χ3n) is 2.59. The largest absolute Gasteiger partial charge is 0.493 e. The van der Waals surface area contributed by atoms with Crippen LogP contribution in [0.5, 0.6) is 11.5 Å². The Hall–Kier alpha value is -1.46. The zero-order valence-corrected chi connectivity index (χ0v) is 12.3. The molecule has 0 bridgehead atoms. The standard InChI is InChI=1S/C13H19ClN2O3/c1-8(13(17)16-3)19-12-9(7-15-2)5-10(14)6-11(12)18-4/h5-6,8,15H,7H2,1-4H3,(H,16,17). The second kappa shape index (κ2) is 7.21. The number of carbonyl (C=O) groups is 1. The van der Waals surface area contributed by atoms with Crippen LogP contribution >= 0.6 is 11.6 Å². The zero-order valence-electron chi connectivity index (χ0n) is 11.5. The second-order valence-electron chi connectivity index (χ2n) is 4.00. The smallest absolute Gasteiger partial charge is 0.260 e. The van der Waals surface area contributed by atoms with Crippen molar-refractivity contribution in [1.29, 1.82) is 0 Å². The lowest BCUT2D eigenvalue weighted by Gasteiger charge is -2.19. The van der Waals surface area contributed by atoms with E-state index in [2.05, 4.69) is 10.6 Å². The Morgan fingerprint density at radius 3 is 2.63 bits per heavy atom. The normalized spacial score (nSPS) is 11.8. The highest BCUT2D eigenvalue weighted by Gasteiger charge is 2.19. The number of rotatable bonds is 6. The molecule has 0 heterocycles. The molecule has 1 aromatic rings. The summed E-state index contributed by atoms with van der Waals surface area (Å²) in [6, 6.07) is 3.44. The third-order valence-corrected chi connectivity index (χ3v) is 2.81. The number of nitrogens with one attached hydrogen (secondary N) is 2. The molecular formula is C13H19ClN2O3. The van der Waals surface area contributed by atoms with Gasteiger partial charge >= 0.3 is 0 Å². The topological polar surface area (TPSA) is 59.6 Å². The van der Waals surface area contributed by atoms with E-state index in [-0.39, 0.29) is 5.91 Å². The maximum Gasteiger partial charge on any atom is 0.260 e. The molecule has 106 valence electrons. The molecule has 0 aliphatic rings. The van der Waals surface area contributed by atoms with Gasteiger partial charge in [0.15, 0.2) is 17.6 Å². The molecule has 1 aromatic carbocycles. The van der Waals surface area contributed by atoms with Crippen LogP contribution < -0.4 is 20.1 Å². The van der Waals surface area contributed by atoms with Gasteiger partial charge in [-0.3, -0.25) is 4.79 Å². The van der Waals surface area contributed by atoms with Crippen molar-refractivity contribution in [2.75, 3.05) is 21.2 Å². The number of hydrogen-bond donors (Lipinski definition) is 2. The summed E-state index contributed by atoms with van der Waals surface area (Å²) in [6.45, 7) is 2.24. The molecule has 0 aliphatic carbocycles. The molecule has 0 spiro atoms. The Labute approximate surface area is 118 Å². The molecular weight excluding hydrogens is 268 g/mol. The van der Waals surface area contributed by atoms with Crippen LogP contribution in [0.3, 0.4) is 0 Å². The summed E-state index contributed by atoms with van der Waals surface area (Å²) < 4.78 is 11.0. The van der Waals surface area contributed by atoms with Crippen LogP contribution in [0.15, 0.2) is 12.1 Å². The Bertz CT molecular complexity index is 452. The number of ether oxygens (including phenoxy) is 2. The minimum absolute atomic E-state index is 0.201. The average Bonchev–Trinajstić information content (AvgIpc) is 2.40. The summed E-state index contributed by atoms with van der Waals surface area (Å²) >= 11 is 6.02. The van der Waals surface area contributed by atoms with Gasteiger partial charge < -0.3 is 20.1 Å². The Kier molecular flexibility index (Phi) is 5.92. The first-order valence-electron chi connectivity index (χ1n) is 5.92. The summed E-state index contributed by atoms with van der Waals surface area (Å²) in [6.07, 6.45) is -0.615. The van der Waals surface area contributed by atoms with Gasteiger partial charge in [-0.15, -0.1) is 0 Å². The predicted octanol–water partition coefficient (Wildman–Crippen LogP) is 1.58. The van der Waals surface area contributed by atoms with Gasteiger partial charge in [-0.1, -0.05) is 11.6 Å². The SMILES string of the molecule is CNCc1cc(Cl)cc(OC)c1OC(C)C(=O)NC. The fraction of sp³-hybridized carbons (Fsp3) is 0.462. The molecule has 2 N–H and O–H groups in total. The summed E-state index contributed by atoms with van der Waals surface area (Å²) in [5.74, 6) is 0.832. The van der Waals surface area contributed by atoms with E-state index in [0.29, 0.717) is 23.1 Å². The Balaban J connectivity index is 3.11. The Morgan fingerprint density at radius 2 is 2.11 bits per heavy atom. The maximum atomic E-state index is 11.5. The first kappa shape index (κ1) is 15.6. The third kappa shape index (κ3) is 4.01. The first-order valence-corrected chi connectivity index (χ1v) is 6.30. The van der Waals surface area contributed by atoms with Crippen LogP contribution in [0, 0.1) is 0 Å². The highest BCUT2D eigenvalue weighted by Crippen LogP contribution is 2.35. The highest BCUT2D eigenvalue weighted by molar-refractivity contribution is 6.30. The number of carbonyl (C=O) groups excluding carboxylic acids is 1. The van der Waals surface area contributed by atoms with Gasteiger partial charge in [0.1, 0.15) is 0 Å². The van der Waals surface area contributed by atoms with Gasteiger partial charge in [0.25, 0.3) is 5.91 Å². The molecule has 0 aliphatic heterocycles. The molecule has 0 saturated carbocycles. The summed E-state index contributed by atoms with van der Waals surface area (Å²) in [5, 5.41) is 6.12. The van der Waals surface area contributed by atoms with Crippen LogP contribution in [-0.2, 0) is 11.3 Å². The lowest BCUT2D eigenvalue weighted by molar-refractivity contribution is -0.126. The van der Waals surface area contributed by atoms with Gasteiger partial charge in [0.2, 0.25) is 0 Å². The van der Waals surface area contributed by atoms with Gasteiger partial charge in [-0.25, -0.2) is 0 Å². The number of benzene rings is 1. The molecule has 0 fully saturated rings. The monoisotopic (exact) mass is 286 g/mol. The van der Waals surface area contributed by atoms with Crippen molar-refractivity contribution in [3.05, 3.63) is 22.7 Å². The fourth-order valence-corrected chi connectivity index (χ4v) is 1.89. The van der Waals surface area contributed by atoms with Crippen molar-refractivity contribution in [1.82, 2.24) is 10.6 Å². The van der Waals surface area contributed by atoms with Crippen LogP contribution in [0.25, 0.3) is 0 Å². The first-order chi connectivity index (χ1) is 9.03. The van der Waals surface area contributed by atoms with Crippen LogP contribution in [0.4, 0.5) is 0 Å². The van der Waals surface area contributed by atoms with Gasteiger partial charge in [0, 0.05) is 30.2 Å². The molecule has 1 rings (SSSR count). The van der Waals surface area contributed by atoms with Crippen molar-refractivity contribution in [3.63, 3.8) is 0 Å². The molecule has 1 atom stereocenters. The highest BCUT2D eigenvalue weighted by atomic mass is 35.5. The van der Waals surface area contributed by atoms with Crippen molar-refractivity contribution in [3.8, 4) is 11.5 Å². The molecule has 0 saturated heterocycles. The number of amides is 1. The van der Waals surface area contributed by atoms with Gasteiger partial charge in [-0.05, 0) is 20.0 Å². The number of halogens is 1. The lowest BCUT2D eigenvalue weighted by atomic mass is 10.1. The Morgan fingerprint density at radius 1 is 1.42 bits per heavy atom. The predicted molar refractivity (Wildman–Crippen MR) is 74.9 cm³/mol. The lowest BCUT2D eigenvalue weighted by Crippen LogP contribution is -2.34. The van der Waals surface area contributed by atoms with Crippen molar-refractivity contribution < 1.29 is 14.3 Å². The van der Waals surface area contributed by atoms with E-state index in [4.69, 9.17) is 21.1 Å². The van der Waals surface area contributed by atoms with E-state index in [9.17, 15) is 4.79 Å². The van der Waals surface area contributed by atoms with E-state index in [1.54, 1.807) is 26.1 Å². The van der Waals surface area contributed by atoms with E-state index in [1.165, 1.54) is 7.11 Å². The number of methoxy groups -OCH3 is 1. The van der Waals surface area contributed by atoms with Crippen molar-refractivity contribution >= 4 is 17.5 Å². The molecule has 6 heteroatoms.